The molecule has 0 saturated heterocycles. The van der Waals surface area contributed by atoms with Crippen molar-refractivity contribution in [2.45, 2.75) is 73.8 Å². The monoisotopic (exact) mass is 296 g/mol. The van der Waals surface area contributed by atoms with Gasteiger partial charge in [0.05, 0.1) is 5.69 Å². The second kappa shape index (κ2) is 23.8. The van der Waals surface area contributed by atoms with Crippen LogP contribution in [-0.4, -0.2) is 11.3 Å². The van der Waals surface area contributed by atoms with Gasteiger partial charge in [0.1, 0.15) is 6.29 Å². The summed E-state index contributed by atoms with van der Waals surface area (Å²) in [5.41, 5.74) is 6.22. The van der Waals surface area contributed by atoms with Crippen LogP contribution in [-0.2, 0) is 11.3 Å². The lowest BCUT2D eigenvalue weighted by Crippen LogP contribution is -1.97. The lowest BCUT2D eigenvalue weighted by atomic mass is 10.1. The summed E-state index contributed by atoms with van der Waals surface area (Å²) in [7, 11) is 0. The molecule has 0 bridgehead atoms. The summed E-state index contributed by atoms with van der Waals surface area (Å²) in [5, 5.41) is 0. The number of carbonyl (C=O) groups excluding carboxylic acids is 1. The Morgan fingerprint density at radius 1 is 1.19 bits per heavy atom. The quantitative estimate of drug-likeness (QED) is 0.594. The SMILES string of the molecule is CC.CC.CCCCCC(C)C=O.NCc1ccccn1. The Bertz CT molecular complexity index is 276. The fraction of sp³-hybridized carbons (Fsp3) is 0.667. The molecule has 0 saturated carbocycles. The zero-order chi connectivity index (χ0) is 16.9. The summed E-state index contributed by atoms with van der Waals surface area (Å²) in [4.78, 5) is 14.1. The maximum atomic E-state index is 10.1. The molecule has 1 heterocycles. The van der Waals surface area contributed by atoms with Crippen LogP contribution in [0.5, 0.6) is 0 Å². The minimum Gasteiger partial charge on any atom is -0.325 e. The van der Waals surface area contributed by atoms with Gasteiger partial charge in [-0.1, -0.05) is 66.9 Å². The third kappa shape index (κ3) is 21.2. The second-order valence-corrected chi connectivity index (χ2v) is 4.13. The highest BCUT2D eigenvalue weighted by molar-refractivity contribution is 5.52. The van der Waals surface area contributed by atoms with Gasteiger partial charge >= 0.3 is 0 Å². The number of rotatable bonds is 6. The number of aromatic nitrogens is 1. The Hall–Kier alpha value is -1.22. The van der Waals surface area contributed by atoms with Gasteiger partial charge < -0.3 is 10.5 Å². The van der Waals surface area contributed by atoms with Crippen molar-refractivity contribution in [3.8, 4) is 0 Å². The molecule has 0 fully saturated rings. The van der Waals surface area contributed by atoms with Crippen molar-refractivity contribution in [1.82, 2.24) is 4.98 Å². The van der Waals surface area contributed by atoms with E-state index in [1.165, 1.54) is 19.3 Å². The molecule has 1 unspecified atom stereocenters. The van der Waals surface area contributed by atoms with Gasteiger partial charge in [0.2, 0.25) is 0 Å². The van der Waals surface area contributed by atoms with E-state index >= 15 is 0 Å². The average Bonchev–Trinajstić information content (AvgIpc) is 2.60. The number of carbonyl (C=O) groups is 1. The summed E-state index contributed by atoms with van der Waals surface area (Å²) >= 11 is 0. The van der Waals surface area contributed by atoms with Crippen LogP contribution >= 0.6 is 0 Å². The highest BCUT2D eigenvalue weighted by Gasteiger charge is 1.96. The van der Waals surface area contributed by atoms with E-state index in [2.05, 4.69) is 11.9 Å². The molecule has 0 radical (unpaired) electrons. The minimum absolute atomic E-state index is 0.275. The van der Waals surface area contributed by atoms with Crippen LogP contribution in [0.3, 0.4) is 0 Å². The Morgan fingerprint density at radius 3 is 2.14 bits per heavy atom. The van der Waals surface area contributed by atoms with Crippen molar-refractivity contribution in [1.29, 1.82) is 0 Å². The van der Waals surface area contributed by atoms with E-state index in [4.69, 9.17) is 5.73 Å². The van der Waals surface area contributed by atoms with Crippen LogP contribution in [0.2, 0.25) is 0 Å². The van der Waals surface area contributed by atoms with Crippen LogP contribution in [0.15, 0.2) is 24.4 Å². The number of nitrogens with two attached hydrogens (primary N) is 1. The smallest absolute Gasteiger partial charge is 0.122 e. The largest absolute Gasteiger partial charge is 0.325 e. The Morgan fingerprint density at radius 2 is 1.81 bits per heavy atom. The van der Waals surface area contributed by atoms with Crippen molar-refractivity contribution in [3.05, 3.63) is 30.1 Å². The van der Waals surface area contributed by atoms with E-state index in [-0.39, 0.29) is 5.92 Å². The van der Waals surface area contributed by atoms with Crippen LogP contribution in [0.1, 0.15) is 72.9 Å². The average molecular weight is 296 g/mol. The van der Waals surface area contributed by atoms with Gasteiger partial charge in [0, 0.05) is 18.7 Å². The van der Waals surface area contributed by atoms with E-state index in [0.717, 1.165) is 18.4 Å². The predicted octanol–water partition coefficient (Wildman–Crippen LogP) is 4.99. The summed E-state index contributed by atoms with van der Waals surface area (Å²) in [5.74, 6) is 0.275. The van der Waals surface area contributed by atoms with Crippen LogP contribution in [0.4, 0.5) is 0 Å². The Labute approximate surface area is 132 Å². The maximum Gasteiger partial charge on any atom is 0.122 e. The number of pyridine rings is 1. The molecule has 0 spiro atoms. The van der Waals surface area contributed by atoms with E-state index < -0.39 is 0 Å². The standard InChI is InChI=1S/C8H16O.C6H8N2.2C2H6/c1-3-4-5-6-8(2)7-9;7-5-6-3-1-2-4-8-6;2*1-2/h7-8H,3-6H2,1-2H3;1-4H,5,7H2;2*1-2H3. The highest BCUT2D eigenvalue weighted by atomic mass is 16.1. The van der Waals surface area contributed by atoms with E-state index in [9.17, 15) is 4.79 Å². The number of hydrogen-bond acceptors (Lipinski definition) is 3. The van der Waals surface area contributed by atoms with Gasteiger partial charge in [-0.2, -0.15) is 0 Å². The fourth-order valence-corrected chi connectivity index (χ4v) is 1.30. The van der Waals surface area contributed by atoms with Gasteiger partial charge in [-0.25, -0.2) is 0 Å². The van der Waals surface area contributed by atoms with E-state index in [0.29, 0.717) is 6.54 Å². The van der Waals surface area contributed by atoms with Gasteiger partial charge in [0.15, 0.2) is 0 Å². The van der Waals surface area contributed by atoms with Crippen LogP contribution < -0.4 is 5.73 Å². The van der Waals surface area contributed by atoms with E-state index in [1.807, 2.05) is 52.8 Å². The number of nitrogens with zero attached hydrogens (tertiary/aromatic N) is 1. The lowest BCUT2D eigenvalue weighted by molar-refractivity contribution is -0.110. The molecule has 1 atom stereocenters. The molecule has 0 aliphatic carbocycles. The van der Waals surface area contributed by atoms with Crippen molar-refractivity contribution in [2.24, 2.45) is 11.7 Å². The van der Waals surface area contributed by atoms with Crippen molar-refractivity contribution >= 4 is 6.29 Å². The molecule has 1 aromatic heterocycles. The van der Waals surface area contributed by atoms with Gasteiger partial charge in [-0.3, -0.25) is 4.98 Å². The Balaban J connectivity index is -0.000000250. The summed E-state index contributed by atoms with van der Waals surface area (Å²) in [6.45, 7) is 12.7. The molecule has 3 nitrogen and oxygen atoms in total. The molecule has 3 heteroatoms. The third-order valence-corrected chi connectivity index (χ3v) is 2.43. The summed E-state index contributed by atoms with van der Waals surface area (Å²) in [6.07, 6.45) is 7.55. The first-order chi connectivity index (χ1) is 10.2. The maximum absolute atomic E-state index is 10.1. The number of hydrogen-bond donors (Lipinski definition) is 1. The summed E-state index contributed by atoms with van der Waals surface area (Å²) in [6, 6.07) is 5.70. The first kappa shape index (κ1) is 24.8. The predicted molar refractivity (Wildman–Crippen MR) is 94.2 cm³/mol. The van der Waals surface area contributed by atoms with Gasteiger partial charge in [0.25, 0.3) is 0 Å². The zero-order valence-electron chi connectivity index (χ0n) is 14.9. The molecular weight excluding hydrogens is 260 g/mol. The Kier molecular flexibility index (Phi) is 28.1. The second-order valence-electron chi connectivity index (χ2n) is 4.13. The lowest BCUT2D eigenvalue weighted by Gasteiger charge is -1.99. The van der Waals surface area contributed by atoms with Gasteiger partial charge in [-0.05, 0) is 18.6 Å². The van der Waals surface area contributed by atoms with Gasteiger partial charge in [-0.15, -0.1) is 0 Å². The topological polar surface area (TPSA) is 56.0 Å². The minimum atomic E-state index is 0.275. The van der Waals surface area contributed by atoms with Crippen molar-refractivity contribution < 1.29 is 4.79 Å². The zero-order valence-corrected chi connectivity index (χ0v) is 14.9. The fourth-order valence-electron chi connectivity index (χ4n) is 1.30. The number of aldehydes is 1. The van der Waals surface area contributed by atoms with Crippen LogP contribution in [0.25, 0.3) is 0 Å². The summed E-state index contributed by atoms with van der Waals surface area (Å²) < 4.78 is 0. The first-order valence-corrected chi connectivity index (χ1v) is 8.29. The van der Waals surface area contributed by atoms with E-state index in [1.54, 1.807) is 6.20 Å². The van der Waals surface area contributed by atoms with Crippen LogP contribution in [0, 0.1) is 5.92 Å². The molecule has 0 aliphatic rings. The molecule has 21 heavy (non-hydrogen) atoms. The first-order valence-electron chi connectivity index (χ1n) is 8.29. The van der Waals surface area contributed by atoms with Crippen molar-refractivity contribution in [3.63, 3.8) is 0 Å². The normalized spacial score (nSPS) is 9.67. The molecule has 1 aromatic rings. The molecule has 0 amide bonds. The molecular formula is C18H36N2O. The third-order valence-electron chi connectivity index (χ3n) is 2.43. The molecule has 1 rings (SSSR count). The molecule has 2 N–H and O–H groups in total. The number of unbranched alkanes of at least 4 members (excludes halogenated alkanes) is 2. The van der Waals surface area contributed by atoms with Crippen molar-refractivity contribution in [2.75, 3.05) is 0 Å². The highest BCUT2D eigenvalue weighted by Crippen LogP contribution is 2.05. The molecule has 0 aromatic carbocycles. The molecule has 124 valence electrons. The molecule has 0 aliphatic heterocycles.